The lowest BCUT2D eigenvalue weighted by atomic mass is 10.2. The molecule has 2 aromatic rings. The van der Waals surface area contributed by atoms with E-state index in [1.165, 1.54) is 4.90 Å². The van der Waals surface area contributed by atoms with Crippen LogP contribution in [0.2, 0.25) is 5.02 Å². The third kappa shape index (κ3) is 5.32. The number of hydrogen-bond donors (Lipinski definition) is 0. The van der Waals surface area contributed by atoms with Gasteiger partial charge in [-0.05, 0) is 12.1 Å². The van der Waals surface area contributed by atoms with E-state index in [0.29, 0.717) is 6.20 Å². The Kier molecular flexibility index (Phi) is 6.48. The maximum Gasteiger partial charge on any atom is 0.417 e. The number of aromatic nitrogens is 1. The third-order valence-corrected chi connectivity index (χ3v) is 4.83. The van der Waals surface area contributed by atoms with Crippen molar-refractivity contribution in [2.75, 3.05) is 37.7 Å². The number of nitro benzene ring substituents is 1. The summed E-state index contributed by atoms with van der Waals surface area (Å²) in [5.74, 6) is -1.42. The van der Waals surface area contributed by atoms with Crippen LogP contribution in [-0.4, -0.2) is 53.5 Å². The highest BCUT2D eigenvalue weighted by Gasteiger charge is 2.32. The van der Waals surface area contributed by atoms with Gasteiger partial charge in [0.05, 0.1) is 15.5 Å². The van der Waals surface area contributed by atoms with Gasteiger partial charge in [0.1, 0.15) is 11.6 Å². The van der Waals surface area contributed by atoms with Crippen molar-refractivity contribution in [3.63, 3.8) is 0 Å². The molecule has 8 nitrogen and oxygen atoms in total. The van der Waals surface area contributed by atoms with E-state index in [4.69, 9.17) is 16.3 Å². The molecule has 1 aliphatic rings. The number of rotatable bonds is 5. The summed E-state index contributed by atoms with van der Waals surface area (Å²) >= 11 is 5.95. The first-order valence-corrected chi connectivity index (χ1v) is 9.26. The molecule has 0 bridgehead atoms. The van der Waals surface area contributed by atoms with Crippen LogP contribution in [0.4, 0.5) is 29.1 Å². The lowest BCUT2D eigenvalue weighted by molar-refractivity contribution is -0.385. The number of nitrogens with zero attached hydrogens (tertiary/aromatic N) is 4. The van der Waals surface area contributed by atoms with Crippen LogP contribution in [0.1, 0.15) is 5.56 Å². The van der Waals surface area contributed by atoms with E-state index in [2.05, 4.69) is 4.98 Å². The fourth-order valence-electron chi connectivity index (χ4n) is 2.97. The Hall–Kier alpha value is -3.15. The van der Waals surface area contributed by atoms with Crippen molar-refractivity contribution in [2.45, 2.75) is 6.18 Å². The fourth-order valence-corrected chi connectivity index (χ4v) is 3.26. The number of pyridine rings is 1. The second kappa shape index (κ2) is 8.92. The van der Waals surface area contributed by atoms with Gasteiger partial charge in [-0.2, -0.15) is 13.2 Å². The predicted molar refractivity (Wildman–Crippen MR) is 102 cm³/mol. The van der Waals surface area contributed by atoms with Crippen LogP contribution < -0.4 is 9.64 Å². The van der Waals surface area contributed by atoms with Gasteiger partial charge in [-0.15, -0.1) is 0 Å². The van der Waals surface area contributed by atoms with Gasteiger partial charge in [-0.25, -0.2) is 9.37 Å². The number of carbonyl (C=O) groups excluding carboxylic acids is 1. The molecule has 0 unspecified atom stereocenters. The SMILES string of the molecule is O=C(COc1cc(F)ccc1[N+](=O)[O-])N1CCN(c2ncc(C(F)(F)F)cc2Cl)CC1. The Balaban J connectivity index is 1.58. The van der Waals surface area contributed by atoms with Crippen LogP contribution in [0.15, 0.2) is 30.5 Å². The summed E-state index contributed by atoms with van der Waals surface area (Å²) in [5.41, 5.74) is -1.43. The van der Waals surface area contributed by atoms with Crippen molar-refractivity contribution in [1.82, 2.24) is 9.88 Å². The van der Waals surface area contributed by atoms with E-state index in [0.717, 1.165) is 24.3 Å². The Morgan fingerprint density at radius 1 is 1.23 bits per heavy atom. The van der Waals surface area contributed by atoms with E-state index in [1.807, 2.05) is 0 Å². The number of carbonyl (C=O) groups is 1. The molecule has 1 amide bonds. The van der Waals surface area contributed by atoms with Crippen LogP contribution in [0, 0.1) is 15.9 Å². The van der Waals surface area contributed by atoms with Crippen molar-refractivity contribution < 1.29 is 32.0 Å². The molecule has 13 heteroatoms. The summed E-state index contributed by atoms with van der Waals surface area (Å²) in [5, 5.41) is 10.8. The van der Waals surface area contributed by atoms with E-state index < -0.39 is 40.7 Å². The lowest BCUT2D eigenvalue weighted by Crippen LogP contribution is -2.50. The molecule has 31 heavy (non-hydrogen) atoms. The molecule has 1 aromatic heterocycles. The van der Waals surface area contributed by atoms with E-state index >= 15 is 0 Å². The molecule has 166 valence electrons. The van der Waals surface area contributed by atoms with Gasteiger partial charge in [0.15, 0.2) is 6.61 Å². The number of halogens is 5. The number of anilines is 1. The standard InChI is InChI=1S/C18H15ClF4N4O4/c19-13-7-11(18(21,22)23)9-24-17(13)26-5-3-25(4-6-26)16(28)10-31-15-8-12(20)1-2-14(15)27(29)30/h1-2,7-9H,3-6,10H2. The zero-order chi connectivity index (χ0) is 22.8. The maximum atomic E-state index is 13.3. The molecule has 0 N–H and O–H groups in total. The summed E-state index contributed by atoms with van der Waals surface area (Å²) in [4.78, 5) is 29.4. The minimum absolute atomic E-state index is 0.156. The summed E-state index contributed by atoms with van der Waals surface area (Å²) in [6.45, 7) is 0.371. The summed E-state index contributed by atoms with van der Waals surface area (Å²) in [7, 11) is 0. The monoisotopic (exact) mass is 462 g/mol. The highest BCUT2D eigenvalue weighted by Crippen LogP contribution is 2.34. The number of amides is 1. The highest BCUT2D eigenvalue weighted by molar-refractivity contribution is 6.33. The van der Waals surface area contributed by atoms with Crippen molar-refractivity contribution in [1.29, 1.82) is 0 Å². The number of alkyl halides is 3. The molecule has 1 saturated heterocycles. The molecule has 0 radical (unpaired) electrons. The van der Waals surface area contributed by atoms with Crippen molar-refractivity contribution in [3.05, 3.63) is 57.0 Å². The first-order valence-electron chi connectivity index (χ1n) is 8.88. The smallest absolute Gasteiger partial charge is 0.417 e. The summed E-state index contributed by atoms with van der Waals surface area (Å²) < 4.78 is 56.7. The molecule has 1 fully saturated rings. The molecule has 0 spiro atoms. The van der Waals surface area contributed by atoms with Crippen molar-refractivity contribution >= 4 is 29.0 Å². The van der Waals surface area contributed by atoms with E-state index in [-0.39, 0.29) is 42.8 Å². The molecular weight excluding hydrogens is 448 g/mol. The number of hydrogen-bond acceptors (Lipinski definition) is 6. The van der Waals surface area contributed by atoms with Crippen LogP contribution in [0.25, 0.3) is 0 Å². The average Bonchev–Trinajstić information content (AvgIpc) is 2.71. The zero-order valence-electron chi connectivity index (χ0n) is 15.7. The van der Waals surface area contributed by atoms with Gasteiger partial charge in [0.25, 0.3) is 5.91 Å². The van der Waals surface area contributed by atoms with Gasteiger partial charge in [0, 0.05) is 44.5 Å². The van der Waals surface area contributed by atoms with E-state index in [1.54, 1.807) is 4.90 Å². The van der Waals surface area contributed by atoms with Gasteiger partial charge in [0.2, 0.25) is 5.75 Å². The zero-order valence-corrected chi connectivity index (χ0v) is 16.5. The van der Waals surface area contributed by atoms with Crippen molar-refractivity contribution in [2.24, 2.45) is 0 Å². The fraction of sp³-hybridized carbons (Fsp3) is 0.333. The molecule has 0 saturated carbocycles. The first kappa shape index (κ1) is 22.5. The molecular formula is C18H15ClF4N4O4. The molecule has 0 atom stereocenters. The molecule has 3 rings (SSSR count). The average molecular weight is 463 g/mol. The summed E-state index contributed by atoms with van der Waals surface area (Å²) in [6, 6.07) is 3.46. The second-order valence-corrected chi connectivity index (χ2v) is 6.96. The minimum Gasteiger partial charge on any atom is -0.477 e. The Labute approximate surface area is 178 Å². The molecule has 2 heterocycles. The van der Waals surface area contributed by atoms with Crippen molar-refractivity contribution in [3.8, 4) is 5.75 Å². The molecule has 0 aliphatic carbocycles. The number of nitro groups is 1. The van der Waals surface area contributed by atoms with Crippen LogP contribution in [0.3, 0.4) is 0 Å². The quantitative estimate of drug-likeness (QED) is 0.384. The van der Waals surface area contributed by atoms with Gasteiger partial charge < -0.3 is 14.5 Å². The maximum absolute atomic E-state index is 13.3. The minimum atomic E-state index is -4.56. The normalized spacial score (nSPS) is 14.5. The van der Waals surface area contributed by atoms with Crippen LogP contribution in [-0.2, 0) is 11.0 Å². The van der Waals surface area contributed by atoms with E-state index in [9.17, 15) is 32.5 Å². The first-order chi connectivity index (χ1) is 14.6. The Morgan fingerprint density at radius 2 is 1.90 bits per heavy atom. The number of piperazine rings is 1. The molecule has 1 aromatic carbocycles. The van der Waals surface area contributed by atoms with Gasteiger partial charge in [-0.3, -0.25) is 14.9 Å². The Bertz CT molecular complexity index is 997. The Morgan fingerprint density at radius 3 is 2.48 bits per heavy atom. The third-order valence-electron chi connectivity index (χ3n) is 4.55. The predicted octanol–water partition coefficient (Wildman–Crippen LogP) is 3.53. The summed E-state index contributed by atoms with van der Waals surface area (Å²) in [6.07, 6.45) is -3.87. The molecule has 1 aliphatic heterocycles. The van der Waals surface area contributed by atoms with Crippen LogP contribution in [0.5, 0.6) is 5.75 Å². The number of ether oxygens (including phenoxy) is 1. The number of benzene rings is 1. The van der Waals surface area contributed by atoms with Gasteiger partial charge in [-0.1, -0.05) is 11.6 Å². The van der Waals surface area contributed by atoms with Gasteiger partial charge >= 0.3 is 11.9 Å². The lowest BCUT2D eigenvalue weighted by Gasteiger charge is -2.35. The highest BCUT2D eigenvalue weighted by atomic mass is 35.5. The topological polar surface area (TPSA) is 88.8 Å². The largest absolute Gasteiger partial charge is 0.477 e. The van der Waals surface area contributed by atoms with Crippen LogP contribution >= 0.6 is 11.6 Å². The second-order valence-electron chi connectivity index (χ2n) is 6.55.